The summed E-state index contributed by atoms with van der Waals surface area (Å²) < 4.78 is 0. The van der Waals surface area contributed by atoms with E-state index < -0.39 is 0 Å². The van der Waals surface area contributed by atoms with E-state index in [-0.39, 0.29) is 6.04 Å². The van der Waals surface area contributed by atoms with Gasteiger partial charge in [0.2, 0.25) is 0 Å². The molecule has 0 aliphatic heterocycles. The van der Waals surface area contributed by atoms with Crippen molar-refractivity contribution < 1.29 is 0 Å². The van der Waals surface area contributed by atoms with Crippen molar-refractivity contribution in [2.75, 3.05) is 14.1 Å². The molecule has 1 unspecified atom stereocenters. The maximum Gasteiger partial charge on any atom is 0.0436 e. The quantitative estimate of drug-likeness (QED) is 0.549. The van der Waals surface area contributed by atoms with Gasteiger partial charge < -0.3 is 11.1 Å². The van der Waals surface area contributed by atoms with Gasteiger partial charge in [0, 0.05) is 25.0 Å². The molecule has 0 rings (SSSR count). The van der Waals surface area contributed by atoms with Gasteiger partial charge in [-0.15, -0.1) is 0 Å². The van der Waals surface area contributed by atoms with Gasteiger partial charge in [0.05, 0.1) is 0 Å². The highest BCUT2D eigenvalue weighted by Gasteiger charge is 1.97. The van der Waals surface area contributed by atoms with Crippen LogP contribution in [0.5, 0.6) is 0 Å². The van der Waals surface area contributed by atoms with Crippen LogP contribution in [0, 0.1) is 0 Å². The first-order chi connectivity index (χ1) is 4.72. The van der Waals surface area contributed by atoms with Crippen molar-refractivity contribution in [2.45, 2.75) is 13.0 Å². The van der Waals surface area contributed by atoms with Crippen molar-refractivity contribution in [2.24, 2.45) is 10.7 Å². The van der Waals surface area contributed by atoms with E-state index in [1.54, 1.807) is 19.3 Å². The molecule has 3 N–H and O–H groups in total. The molecule has 0 heterocycles. The lowest BCUT2D eigenvalue weighted by Gasteiger charge is -2.08. The van der Waals surface area contributed by atoms with Gasteiger partial charge >= 0.3 is 0 Å². The Kier molecular flexibility index (Phi) is 4.58. The molecular weight excluding hydrogens is 126 g/mol. The fraction of sp³-hybridized carbons (Fsp3) is 0.571. The molecule has 0 amide bonds. The molecule has 0 aliphatic carbocycles. The zero-order valence-electron chi connectivity index (χ0n) is 6.76. The van der Waals surface area contributed by atoms with E-state index in [0.717, 1.165) is 5.70 Å². The topological polar surface area (TPSA) is 50.4 Å². The number of nitrogens with two attached hydrogens (primary N) is 1. The number of hydrogen-bond donors (Lipinski definition) is 2. The summed E-state index contributed by atoms with van der Waals surface area (Å²) in [7, 11) is 3.59. The summed E-state index contributed by atoms with van der Waals surface area (Å²) in [6.45, 7) is 2.00. The second-order valence-electron chi connectivity index (χ2n) is 2.08. The van der Waals surface area contributed by atoms with Crippen LogP contribution in [0.15, 0.2) is 16.8 Å². The lowest BCUT2D eigenvalue weighted by atomic mass is 10.2. The molecule has 0 fully saturated rings. The summed E-state index contributed by atoms with van der Waals surface area (Å²) in [6.07, 6.45) is 3.48. The number of nitrogens with zero attached hydrogens (tertiary/aromatic N) is 1. The third-order valence-corrected chi connectivity index (χ3v) is 1.35. The van der Waals surface area contributed by atoms with Gasteiger partial charge in [0.25, 0.3) is 0 Å². The van der Waals surface area contributed by atoms with Gasteiger partial charge in [-0.05, 0) is 20.0 Å². The molecule has 0 aromatic carbocycles. The van der Waals surface area contributed by atoms with Crippen LogP contribution in [0.1, 0.15) is 6.92 Å². The first kappa shape index (κ1) is 9.17. The van der Waals surface area contributed by atoms with E-state index in [1.165, 1.54) is 0 Å². The van der Waals surface area contributed by atoms with Crippen molar-refractivity contribution in [1.82, 2.24) is 5.32 Å². The molecular formula is C7H15N3. The molecule has 0 radical (unpaired) electrons. The normalized spacial score (nSPS) is 16.1. The lowest BCUT2D eigenvalue weighted by molar-refractivity contribution is 0.686. The standard InChI is InChI=1S/C7H15N3/c1-6(10-3)7(8)4-5-9-2/h4-6,10H,8H2,1-3H3/b7-4-,9-5?. The summed E-state index contributed by atoms with van der Waals surface area (Å²) in [6, 6.07) is 0.220. The highest BCUT2D eigenvalue weighted by molar-refractivity contribution is 5.71. The predicted octanol–water partition coefficient (Wildman–Crippen LogP) is 0.137. The molecule has 10 heavy (non-hydrogen) atoms. The number of likely N-dealkylation sites (N-methyl/N-ethyl adjacent to an activating group) is 1. The Balaban J connectivity index is 3.91. The monoisotopic (exact) mass is 141 g/mol. The largest absolute Gasteiger partial charge is 0.401 e. The van der Waals surface area contributed by atoms with Gasteiger partial charge in [-0.1, -0.05) is 0 Å². The van der Waals surface area contributed by atoms with Gasteiger partial charge in [0.1, 0.15) is 0 Å². The Bertz CT molecular complexity index is 138. The predicted molar refractivity (Wildman–Crippen MR) is 45.2 cm³/mol. The minimum absolute atomic E-state index is 0.220. The second-order valence-corrected chi connectivity index (χ2v) is 2.08. The Morgan fingerprint density at radius 1 is 1.70 bits per heavy atom. The van der Waals surface area contributed by atoms with Gasteiger partial charge in [-0.25, -0.2) is 0 Å². The molecule has 0 bridgehead atoms. The van der Waals surface area contributed by atoms with Crippen molar-refractivity contribution in [3.8, 4) is 0 Å². The summed E-state index contributed by atoms with van der Waals surface area (Å²) in [5.74, 6) is 0. The summed E-state index contributed by atoms with van der Waals surface area (Å²) in [5.41, 5.74) is 6.42. The summed E-state index contributed by atoms with van der Waals surface area (Å²) in [5, 5.41) is 3.02. The fourth-order valence-electron chi connectivity index (χ4n) is 0.472. The summed E-state index contributed by atoms with van der Waals surface area (Å²) in [4.78, 5) is 3.78. The molecule has 58 valence electrons. The highest BCUT2D eigenvalue weighted by Crippen LogP contribution is 1.89. The molecule has 3 nitrogen and oxygen atoms in total. The number of aliphatic imine (C=N–C) groups is 1. The average molecular weight is 141 g/mol. The molecule has 0 saturated carbocycles. The van der Waals surface area contributed by atoms with Crippen LogP contribution in [0.25, 0.3) is 0 Å². The zero-order chi connectivity index (χ0) is 7.98. The first-order valence-electron chi connectivity index (χ1n) is 3.27. The van der Waals surface area contributed by atoms with E-state index in [4.69, 9.17) is 5.73 Å². The first-order valence-corrected chi connectivity index (χ1v) is 3.27. The number of hydrogen-bond acceptors (Lipinski definition) is 3. The molecule has 1 atom stereocenters. The summed E-state index contributed by atoms with van der Waals surface area (Å²) >= 11 is 0. The van der Waals surface area contributed by atoms with Crippen molar-refractivity contribution in [1.29, 1.82) is 0 Å². The van der Waals surface area contributed by atoms with E-state index in [9.17, 15) is 0 Å². The van der Waals surface area contributed by atoms with E-state index in [1.807, 2.05) is 14.0 Å². The average Bonchev–Trinajstić information content (AvgIpc) is 1.98. The van der Waals surface area contributed by atoms with E-state index >= 15 is 0 Å². The maximum atomic E-state index is 5.62. The Labute approximate surface area is 62.0 Å². The maximum absolute atomic E-state index is 5.62. The minimum atomic E-state index is 0.220. The SMILES string of the molecule is CN=C/C=C(\N)C(C)NC. The smallest absolute Gasteiger partial charge is 0.0436 e. The molecule has 0 aromatic heterocycles. The molecule has 0 aromatic rings. The van der Waals surface area contributed by atoms with Crippen molar-refractivity contribution in [3.63, 3.8) is 0 Å². The molecule has 0 aliphatic rings. The van der Waals surface area contributed by atoms with Crippen LogP contribution in [-0.2, 0) is 0 Å². The Morgan fingerprint density at radius 3 is 2.70 bits per heavy atom. The van der Waals surface area contributed by atoms with Crippen LogP contribution in [0.2, 0.25) is 0 Å². The fourth-order valence-corrected chi connectivity index (χ4v) is 0.472. The van der Waals surface area contributed by atoms with Crippen LogP contribution >= 0.6 is 0 Å². The molecule has 0 saturated heterocycles. The third-order valence-electron chi connectivity index (χ3n) is 1.35. The molecule has 3 heteroatoms. The minimum Gasteiger partial charge on any atom is -0.401 e. The third kappa shape index (κ3) is 3.25. The van der Waals surface area contributed by atoms with Crippen molar-refractivity contribution in [3.05, 3.63) is 11.8 Å². The zero-order valence-corrected chi connectivity index (χ0v) is 6.76. The van der Waals surface area contributed by atoms with Crippen LogP contribution < -0.4 is 11.1 Å². The van der Waals surface area contributed by atoms with Gasteiger partial charge in [-0.3, -0.25) is 4.99 Å². The van der Waals surface area contributed by atoms with Gasteiger partial charge in [0.15, 0.2) is 0 Å². The van der Waals surface area contributed by atoms with Crippen LogP contribution in [0.4, 0.5) is 0 Å². The Morgan fingerprint density at radius 2 is 2.30 bits per heavy atom. The van der Waals surface area contributed by atoms with Crippen LogP contribution in [0.3, 0.4) is 0 Å². The number of rotatable bonds is 3. The Hall–Kier alpha value is -0.830. The van der Waals surface area contributed by atoms with Gasteiger partial charge in [-0.2, -0.15) is 0 Å². The second kappa shape index (κ2) is 4.99. The lowest BCUT2D eigenvalue weighted by Crippen LogP contribution is -2.27. The highest BCUT2D eigenvalue weighted by atomic mass is 14.9. The van der Waals surface area contributed by atoms with Crippen molar-refractivity contribution >= 4 is 6.21 Å². The van der Waals surface area contributed by atoms with E-state index in [0.29, 0.717) is 0 Å². The van der Waals surface area contributed by atoms with Crippen LogP contribution in [-0.4, -0.2) is 26.4 Å². The number of nitrogens with one attached hydrogen (secondary N) is 1. The number of allylic oxidation sites excluding steroid dienone is 1. The van der Waals surface area contributed by atoms with E-state index in [2.05, 4.69) is 10.3 Å². The molecule has 0 spiro atoms.